The van der Waals surface area contributed by atoms with Crippen molar-refractivity contribution in [1.82, 2.24) is 0 Å². The topological polar surface area (TPSA) is 67.8 Å². The highest BCUT2D eigenvalue weighted by molar-refractivity contribution is 6.04. The van der Waals surface area contributed by atoms with E-state index in [1.165, 1.54) is 7.11 Å². The maximum Gasteiger partial charge on any atom is 0.308 e. The number of ether oxygens (including phenoxy) is 1. The van der Waals surface area contributed by atoms with E-state index in [2.05, 4.69) is 15.0 Å². The summed E-state index contributed by atoms with van der Waals surface area (Å²) < 4.78 is 4.53. The number of hydrogen-bond donors (Lipinski definition) is 1. The SMILES string of the molecule is COC(=O)CC1N=Cc2ccccc2NC1=O. The number of nitrogens with one attached hydrogen (secondary N) is 1. The summed E-state index contributed by atoms with van der Waals surface area (Å²) in [6, 6.07) is 6.60. The Kier molecular flexibility index (Phi) is 3.18. The zero-order chi connectivity index (χ0) is 12.3. The minimum Gasteiger partial charge on any atom is -0.469 e. The second kappa shape index (κ2) is 4.78. The van der Waals surface area contributed by atoms with E-state index < -0.39 is 12.0 Å². The van der Waals surface area contributed by atoms with Crippen LogP contribution < -0.4 is 5.32 Å². The zero-order valence-electron chi connectivity index (χ0n) is 9.34. The van der Waals surface area contributed by atoms with Crippen molar-refractivity contribution >= 4 is 23.8 Å². The highest BCUT2D eigenvalue weighted by Crippen LogP contribution is 2.17. The first-order chi connectivity index (χ1) is 8.20. The number of benzene rings is 1. The van der Waals surface area contributed by atoms with Crippen LogP contribution in [0.3, 0.4) is 0 Å². The molecule has 17 heavy (non-hydrogen) atoms. The lowest BCUT2D eigenvalue weighted by molar-refractivity contribution is -0.142. The summed E-state index contributed by atoms with van der Waals surface area (Å²) in [5.41, 5.74) is 1.53. The van der Waals surface area contributed by atoms with Crippen LogP contribution in [0.4, 0.5) is 5.69 Å². The molecule has 0 saturated carbocycles. The Morgan fingerprint density at radius 3 is 3.00 bits per heavy atom. The fourth-order valence-electron chi connectivity index (χ4n) is 1.56. The first-order valence-corrected chi connectivity index (χ1v) is 5.20. The zero-order valence-corrected chi connectivity index (χ0v) is 9.34. The van der Waals surface area contributed by atoms with Crippen molar-refractivity contribution in [3.63, 3.8) is 0 Å². The van der Waals surface area contributed by atoms with E-state index in [1.54, 1.807) is 12.3 Å². The Morgan fingerprint density at radius 1 is 1.47 bits per heavy atom. The van der Waals surface area contributed by atoms with Crippen molar-refractivity contribution in [3.05, 3.63) is 29.8 Å². The average Bonchev–Trinajstić information content (AvgIpc) is 2.49. The summed E-state index contributed by atoms with van der Waals surface area (Å²) in [7, 11) is 1.29. The molecule has 0 fully saturated rings. The van der Waals surface area contributed by atoms with Gasteiger partial charge in [0.1, 0.15) is 6.04 Å². The maximum absolute atomic E-state index is 11.8. The predicted molar refractivity (Wildman–Crippen MR) is 63.1 cm³/mol. The van der Waals surface area contributed by atoms with Gasteiger partial charge in [-0.25, -0.2) is 0 Å². The number of anilines is 1. The molecule has 1 N–H and O–H groups in total. The molecule has 5 nitrogen and oxygen atoms in total. The molecule has 1 aromatic carbocycles. The van der Waals surface area contributed by atoms with Gasteiger partial charge in [0.15, 0.2) is 0 Å². The molecular formula is C12H12N2O3. The standard InChI is InChI=1S/C12H12N2O3/c1-17-11(15)6-10-12(16)14-9-5-3-2-4-8(9)7-13-10/h2-5,7,10H,6H2,1H3,(H,14,16). The highest BCUT2D eigenvalue weighted by atomic mass is 16.5. The van der Waals surface area contributed by atoms with E-state index in [0.29, 0.717) is 5.69 Å². The summed E-state index contributed by atoms with van der Waals surface area (Å²) in [4.78, 5) is 27.0. The third kappa shape index (κ3) is 2.50. The van der Waals surface area contributed by atoms with Gasteiger partial charge in [-0.2, -0.15) is 0 Å². The smallest absolute Gasteiger partial charge is 0.308 e. The minimum atomic E-state index is -0.727. The van der Waals surface area contributed by atoms with Gasteiger partial charge in [0, 0.05) is 17.5 Å². The number of rotatable bonds is 2. The molecule has 0 aliphatic carbocycles. The number of carbonyl (C=O) groups excluding carboxylic acids is 2. The number of carbonyl (C=O) groups is 2. The normalized spacial score (nSPS) is 17.9. The van der Waals surface area contributed by atoms with E-state index in [0.717, 1.165) is 5.56 Å². The number of amides is 1. The highest BCUT2D eigenvalue weighted by Gasteiger charge is 2.23. The molecule has 0 saturated heterocycles. The lowest BCUT2D eigenvalue weighted by Crippen LogP contribution is -2.28. The number of nitrogens with zero attached hydrogens (tertiary/aromatic N) is 1. The van der Waals surface area contributed by atoms with Crippen molar-refractivity contribution in [2.24, 2.45) is 4.99 Å². The number of aliphatic imine (C=N–C) groups is 1. The van der Waals surface area contributed by atoms with Gasteiger partial charge in [0.25, 0.3) is 0 Å². The van der Waals surface area contributed by atoms with Gasteiger partial charge in [-0.15, -0.1) is 0 Å². The number of para-hydroxylation sites is 1. The minimum absolute atomic E-state index is 0.0488. The van der Waals surface area contributed by atoms with Crippen LogP contribution in [0, 0.1) is 0 Å². The van der Waals surface area contributed by atoms with Gasteiger partial charge in [-0.05, 0) is 6.07 Å². The van der Waals surface area contributed by atoms with Crippen molar-refractivity contribution in [1.29, 1.82) is 0 Å². The van der Waals surface area contributed by atoms with E-state index in [4.69, 9.17) is 0 Å². The molecule has 2 rings (SSSR count). The Labute approximate surface area is 98.5 Å². The van der Waals surface area contributed by atoms with E-state index >= 15 is 0 Å². The third-order valence-electron chi connectivity index (χ3n) is 2.50. The lowest BCUT2D eigenvalue weighted by Gasteiger charge is -2.09. The van der Waals surface area contributed by atoms with Crippen LogP contribution in [0.15, 0.2) is 29.3 Å². The molecular weight excluding hydrogens is 220 g/mol. The molecule has 88 valence electrons. The first-order valence-electron chi connectivity index (χ1n) is 5.20. The molecule has 1 aromatic rings. The molecule has 0 spiro atoms. The molecule has 1 unspecified atom stereocenters. The van der Waals surface area contributed by atoms with Crippen LogP contribution in [0.25, 0.3) is 0 Å². The fourth-order valence-corrected chi connectivity index (χ4v) is 1.56. The Morgan fingerprint density at radius 2 is 2.24 bits per heavy atom. The molecule has 5 heteroatoms. The monoisotopic (exact) mass is 232 g/mol. The summed E-state index contributed by atoms with van der Waals surface area (Å²) in [5, 5.41) is 2.73. The van der Waals surface area contributed by atoms with Crippen LogP contribution in [-0.2, 0) is 14.3 Å². The fraction of sp³-hybridized carbons (Fsp3) is 0.250. The van der Waals surface area contributed by atoms with Gasteiger partial charge >= 0.3 is 5.97 Å². The second-order valence-electron chi connectivity index (χ2n) is 3.65. The number of benzodiazepines with no additional fused rings is 1. The summed E-state index contributed by atoms with van der Waals surface area (Å²) >= 11 is 0. The van der Waals surface area contributed by atoms with Crippen LogP contribution >= 0.6 is 0 Å². The van der Waals surface area contributed by atoms with Gasteiger partial charge in [-0.1, -0.05) is 18.2 Å². The third-order valence-corrected chi connectivity index (χ3v) is 2.50. The predicted octanol–water partition coefficient (Wildman–Crippen LogP) is 0.989. The van der Waals surface area contributed by atoms with Crippen LogP contribution in [0.2, 0.25) is 0 Å². The molecule has 0 bridgehead atoms. The van der Waals surface area contributed by atoms with Gasteiger partial charge in [0.05, 0.1) is 13.5 Å². The maximum atomic E-state index is 11.8. The number of hydrogen-bond acceptors (Lipinski definition) is 4. The number of fused-ring (bicyclic) bond motifs is 1. The molecule has 1 amide bonds. The van der Waals surface area contributed by atoms with Crippen LogP contribution in [-0.4, -0.2) is 31.2 Å². The lowest BCUT2D eigenvalue weighted by atomic mass is 10.2. The van der Waals surface area contributed by atoms with E-state index in [1.807, 2.05) is 18.2 Å². The molecule has 1 aliphatic heterocycles. The van der Waals surface area contributed by atoms with Crippen LogP contribution in [0.1, 0.15) is 12.0 Å². The number of methoxy groups -OCH3 is 1. The molecule has 0 radical (unpaired) electrons. The van der Waals surface area contributed by atoms with Gasteiger partial charge < -0.3 is 10.1 Å². The molecule has 1 heterocycles. The Bertz CT molecular complexity index is 482. The van der Waals surface area contributed by atoms with Crippen molar-refractivity contribution in [2.75, 3.05) is 12.4 Å². The van der Waals surface area contributed by atoms with E-state index in [-0.39, 0.29) is 12.3 Å². The molecule has 1 atom stereocenters. The van der Waals surface area contributed by atoms with Crippen molar-refractivity contribution < 1.29 is 14.3 Å². The molecule has 0 aromatic heterocycles. The summed E-state index contributed by atoms with van der Waals surface area (Å²) in [6.45, 7) is 0. The first kappa shape index (κ1) is 11.3. The Hall–Kier alpha value is -2.17. The summed E-state index contributed by atoms with van der Waals surface area (Å²) in [6.07, 6.45) is 1.55. The quantitative estimate of drug-likeness (QED) is 0.773. The Balaban J connectivity index is 2.21. The van der Waals surface area contributed by atoms with E-state index in [9.17, 15) is 9.59 Å². The van der Waals surface area contributed by atoms with Crippen molar-refractivity contribution in [2.45, 2.75) is 12.5 Å². The van der Waals surface area contributed by atoms with Gasteiger partial charge in [-0.3, -0.25) is 14.6 Å². The number of esters is 1. The largest absolute Gasteiger partial charge is 0.469 e. The van der Waals surface area contributed by atoms with Crippen LogP contribution in [0.5, 0.6) is 0 Å². The van der Waals surface area contributed by atoms with Gasteiger partial charge in [0.2, 0.25) is 5.91 Å². The summed E-state index contributed by atoms with van der Waals surface area (Å²) in [5.74, 6) is -0.746. The van der Waals surface area contributed by atoms with Crippen molar-refractivity contribution in [3.8, 4) is 0 Å². The molecule has 1 aliphatic rings. The average molecular weight is 232 g/mol. The second-order valence-corrected chi connectivity index (χ2v) is 3.65.